The van der Waals surface area contributed by atoms with E-state index in [0.717, 1.165) is 0 Å². The second-order valence-corrected chi connectivity index (χ2v) is 7.42. The maximum Gasteiger partial charge on any atom is 0.0619 e. The predicted octanol–water partition coefficient (Wildman–Crippen LogP) is 7.60. The zero-order chi connectivity index (χ0) is 19.2. The van der Waals surface area contributed by atoms with E-state index in [1.807, 2.05) is 0 Å². The van der Waals surface area contributed by atoms with Crippen molar-refractivity contribution >= 4 is 32.4 Å². The fraction of sp³-hybridized carbons (Fsp3) is 0. The Balaban J connectivity index is 1.90. The van der Waals surface area contributed by atoms with Gasteiger partial charge in [-0.1, -0.05) is 97.1 Å². The van der Waals surface area contributed by atoms with Crippen LogP contribution in [0.3, 0.4) is 0 Å². The summed E-state index contributed by atoms with van der Waals surface area (Å²) in [6, 6.07) is 41.2. The molecule has 0 saturated carbocycles. The minimum atomic E-state index is 1.18. The Morgan fingerprint density at radius 1 is 0.414 bits per heavy atom. The first-order valence-electron chi connectivity index (χ1n) is 9.97. The molecular formula is C28H19N. The molecule has 6 rings (SSSR count). The van der Waals surface area contributed by atoms with Crippen molar-refractivity contribution in [2.24, 2.45) is 0 Å². The largest absolute Gasteiger partial charge is 0.309 e. The summed E-state index contributed by atoms with van der Waals surface area (Å²) in [5, 5.41) is 6.48. The Labute approximate surface area is 169 Å². The van der Waals surface area contributed by atoms with Gasteiger partial charge in [-0.25, -0.2) is 0 Å². The molecule has 0 spiro atoms. The molecule has 1 heteroatoms. The summed E-state index contributed by atoms with van der Waals surface area (Å²) >= 11 is 0. The molecule has 0 fully saturated rings. The first-order chi connectivity index (χ1) is 14.4. The second kappa shape index (κ2) is 6.35. The monoisotopic (exact) mass is 369 g/mol. The topological polar surface area (TPSA) is 4.93 Å². The molecule has 0 saturated heterocycles. The summed E-state index contributed by atoms with van der Waals surface area (Å²) in [5.41, 5.74) is 4.89. The lowest BCUT2D eigenvalue weighted by Crippen LogP contribution is -1.97. The smallest absolute Gasteiger partial charge is 0.0619 e. The SMILES string of the molecule is c1ccc(-c2cc3c4ccccc4c4ccccc4c3n2-c2ccccc2)cc1. The molecule has 1 aromatic heterocycles. The number of aromatic nitrogens is 1. The Morgan fingerprint density at radius 3 is 1.55 bits per heavy atom. The van der Waals surface area contributed by atoms with Crippen LogP contribution in [0.15, 0.2) is 115 Å². The van der Waals surface area contributed by atoms with Crippen LogP contribution in [0.4, 0.5) is 0 Å². The van der Waals surface area contributed by atoms with Gasteiger partial charge in [-0.05, 0) is 39.9 Å². The lowest BCUT2D eigenvalue weighted by molar-refractivity contribution is 1.14. The predicted molar refractivity (Wildman–Crippen MR) is 124 cm³/mol. The maximum atomic E-state index is 2.42. The van der Waals surface area contributed by atoms with Gasteiger partial charge < -0.3 is 4.57 Å². The van der Waals surface area contributed by atoms with Crippen molar-refractivity contribution in [2.75, 3.05) is 0 Å². The van der Waals surface area contributed by atoms with E-state index >= 15 is 0 Å². The van der Waals surface area contributed by atoms with Gasteiger partial charge in [-0.15, -0.1) is 0 Å². The van der Waals surface area contributed by atoms with Crippen LogP contribution < -0.4 is 0 Å². The Hall–Kier alpha value is -3.84. The molecule has 0 bridgehead atoms. The molecule has 0 radical (unpaired) electrons. The summed E-state index contributed by atoms with van der Waals surface area (Å²) in [7, 11) is 0. The Kier molecular flexibility index (Phi) is 3.54. The summed E-state index contributed by atoms with van der Waals surface area (Å²) in [6.45, 7) is 0. The summed E-state index contributed by atoms with van der Waals surface area (Å²) in [4.78, 5) is 0. The average Bonchev–Trinajstić information content (AvgIpc) is 3.22. The highest BCUT2D eigenvalue weighted by atomic mass is 15.0. The number of benzene rings is 5. The fourth-order valence-electron chi connectivity index (χ4n) is 4.53. The molecular weight excluding hydrogens is 350 g/mol. The van der Waals surface area contributed by atoms with E-state index in [0.29, 0.717) is 0 Å². The molecule has 0 unspecified atom stereocenters. The molecule has 6 aromatic rings. The van der Waals surface area contributed by atoms with Crippen LogP contribution in [0.1, 0.15) is 0 Å². The van der Waals surface area contributed by atoms with Gasteiger partial charge in [0.25, 0.3) is 0 Å². The van der Waals surface area contributed by atoms with Crippen LogP contribution >= 0.6 is 0 Å². The van der Waals surface area contributed by atoms with E-state index in [4.69, 9.17) is 0 Å². The normalized spacial score (nSPS) is 11.4. The number of hydrogen-bond acceptors (Lipinski definition) is 0. The molecule has 0 N–H and O–H groups in total. The van der Waals surface area contributed by atoms with Crippen molar-refractivity contribution in [1.82, 2.24) is 4.57 Å². The average molecular weight is 369 g/mol. The van der Waals surface area contributed by atoms with E-state index in [-0.39, 0.29) is 0 Å². The molecule has 0 aliphatic carbocycles. The van der Waals surface area contributed by atoms with Crippen molar-refractivity contribution in [1.29, 1.82) is 0 Å². The van der Waals surface area contributed by atoms with E-state index in [1.54, 1.807) is 0 Å². The number of nitrogens with zero attached hydrogens (tertiary/aromatic N) is 1. The zero-order valence-corrected chi connectivity index (χ0v) is 15.9. The van der Waals surface area contributed by atoms with E-state index < -0.39 is 0 Å². The second-order valence-electron chi connectivity index (χ2n) is 7.42. The summed E-state index contributed by atoms with van der Waals surface area (Å²) < 4.78 is 2.42. The molecule has 136 valence electrons. The van der Waals surface area contributed by atoms with Crippen LogP contribution in [-0.4, -0.2) is 4.57 Å². The zero-order valence-electron chi connectivity index (χ0n) is 15.9. The summed E-state index contributed by atoms with van der Waals surface area (Å²) in [6.07, 6.45) is 0. The molecule has 0 amide bonds. The van der Waals surface area contributed by atoms with Crippen molar-refractivity contribution in [3.05, 3.63) is 115 Å². The third-order valence-corrected chi connectivity index (χ3v) is 5.77. The Bertz CT molecular complexity index is 1480. The molecule has 0 aliphatic rings. The summed E-state index contributed by atoms with van der Waals surface area (Å²) in [5.74, 6) is 0. The van der Waals surface area contributed by atoms with E-state index in [1.165, 1.54) is 49.4 Å². The van der Waals surface area contributed by atoms with Crippen molar-refractivity contribution in [2.45, 2.75) is 0 Å². The minimum Gasteiger partial charge on any atom is -0.309 e. The van der Waals surface area contributed by atoms with E-state index in [2.05, 4.69) is 120 Å². The van der Waals surface area contributed by atoms with Gasteiger partial charge in [0.2, 0.25) is 0 Å². The molecule has 1 heterocycles. The van der Waals surface area contributed by atoms with Crippen LogP contribution in [0.25, 0.3) is 49.4 Å². The third kappa shape index (κ3) is 2.41. The van der Waals surface area contributed by atoms with Gasteiger partial charge in [-0.3, -0.25) is 0 Å². The van der Waals surface area contributed by atoms with E-state index in [9.17, 15) is 0 Å². The molecule has 29 heavy (non-hydrogen) atoms. The van der Waals surface area contributed by atoms with Crippen LogP contribution in [0.2, 0.25) is 0 Å². The number of rotatable bonds is 2. The molecule has 1 nitrogen and oxygen atoms in total. The standard InChI is InChI=1S/C28H19N/c1-3-11-20(12-4-1)27-19-26-24-17-8-7-15-22(24)23-16-9-10-18-25(23)28(26)29(27)21-13-5-2-6-14-21/h1-19H. The van der Waals surface area contributed by atoms with Gasteiger partial charge in [0.05, 0.1) is 11.2 Å². The van der Waals surface area contributed by atoms with Gasteiger partial charge in [0.15, 0.2) is 0 Å². The highest BCUT2D eigenvalue weighted by Gasteiger charge is 2.17. The highest BCUT2D eigenvalue weighted by molar-refractivity contribution is 6.25. The van der Waals surface area contributed by atoms with Crippen LogP contribution in [0, 0.1) is 0 Å². The lowest BCUT2D eigenvalue weighted by Gasteiger charge is -2.14. The van der Waals surface area contributed by atoms with Crippen molar-refractivity contribution in [3.8, 4) is 16.9 Å². The molecule has 0 atom stereocenters. The van der Waals surface area contributed by atoms with Crippen molar-refractivity contribution in [3.63, 3.8) is 0 Å². The maximum absolute atomic E-state index is 2.42. The van der Waals surface area contributed by atoms with Gasteiger partial charge in [0.1, 0.15) is 0 Å². The van der Waals surface area contributed by atoms with Gasteiger partial charge in [-0.2, -0.15) is 0 Å². The number of hydrogen-bond donors (Lipinski definition) is 0. The first-order valence-corrected chi connectivity index (χ1v) is 9.97. The van der Waals surface area contributed by atoms with Crippen LogP contribution in [0.5, 0.6) is 0 Å². The van der Waals surface area contributed by atoms with Gasteiger partial charge >= 0.3 is 0 Å². The van der Waals surface area contributed by atoms with Gasteiger partial charge in [0, 0.05) is 16.5 Å². The van der Waals surface area contributed by atoms with Crippen LogP contribution in [-0.2, 0) is 0 Å². The first kappa shape index (κ1) is 16.1. The molecule has 5 aromatic carbocycles. The Morgan fingerprint density at radius 2 is 0.897 bits per heavy atom. The van der Waals surface area contributed by atoms with Crippen molar-refractivity contribution < 1.29 is 0 Å². The number of fused-ring (bicyclic) bond motifs is 6. The quantitative estimate of drug-likeness (QED) is 0.277. The molecule has 0 aliphatic heterocycles. The fourth-order valence-corrected chi connectivity index (χ4v) is 4.53. The number of para-hydroxylation sites is 1. The third-order valence-electron chi connectivity index (χ3n) is 5.77. The lowest BCUT2D eigenvalue weighted by atomic mass is 9.98. The minimum absolute atomic E-state index is 1.18. The highest BCUT2D eigenvalue weighted by Crippen LogP contribution is 2.40.